The summed E-state index contributed by atoms with van der Waals surface area (Å²) in [5.74, 6) is 0.737. The molecule has 0 aliphatic heterocycles. The Labute approximate surface area is 167 Å². The first-order chi connectivity index (χ1) is 13.0. The van der Waals surface area contributed by atoms with Crippen molar-refractivity contribution < 1.29 is 9.53 Å². The fourth-order valence-electron chi connectivity index (χ4n) is 2.93. The summed E-state index contributed by atoms with van der Waals surface area (Å²) in [4.78, 5) is 19.1. The van der Waals surface area contributed by atoms with Crippen LogP contribution in [0.4, 0.5) is 5.69 Å². The van der Waals surface area contributed by atoms with Gasteiger partial charge in [-0.05, 0) is 56.4 Å². The first-order valence-corrected chi connectivity index (χ1v) is 9.46. The average Bonchev–Trinajstić information content (AvgIpc) is 2.67. The predicted octanol–water partition coefficient (Wildman–Crippen LogP) is 4.46. The Balaban J connectivity index is 1.74. The van der Waals surface area contributed by atoms with E-state index in [1.807, 2.05) is 67.4 Å². The van der Waals surface area contributed by atoms with Gasteiger partial charge in [0, 0.05) is 28.2 Å². The van der Waals surface area contributed by atoms with Crippen LogP contribution in [0, 0.1) is 0 Å². The predicted molar refractivity (Wildman–Crippen MR) is 112 cm³/mol. The molecule has 2 aromatic carbocycles. The highest BCUT2D eigenvalue weighted by Gasteiger charge is 2.20. The molecule has 1 amide bonds. The highest BCUT2D eigenvalue weighted by Crippen LogP contribution is 2.25. The van der Waals surface area contributed by atoms with Crippen LogP contribution in [-0.2, 0) is 11.3 Å². The van der Waals surface area contributed by atoms with E-state index in [0.717, 1.165) is 32.4 Å². The number of ether oxygens (including phenoxy) is 1. The minimum absolute atomic E-state index is 0.0668. The Bertz CT molecular complexity index is 956. The topological polar surface area (TPSA) is 54.5 Å². The smallest absolute Gasteiger partial charge is 0.241 e. The van der Waals surface area contributed by atoms with Crippen molar-refractivity contribution in [3.63, 3.8) is 0 Å². The molecule has 0 unspecified atom stereocenters. The number of amides is 1. The first-order valence-electron chi connectivity index (χ1n) is 8.67. The second-order valence-corrected chi connectivity index (χ2v) is 7.33. The summed E-state index contributed by atoms with van der Waals surface area (Å²) in [5, 5.41) is 3.96. The van der Waals surface area contributed by atoms with E-state index in [1.54, 1.807) is 13.3 Å². The van der Waals surface area contributed by atoms with Crippen molar-refractivity contribution in [3.05, 3.63) is 64.8 Å². The maximum Gasteiger partial charge on any atom is 0.241 e. The van der Waals surface area contributed by atoms with Crippen LogP contribution in [0.5, 0.6) is 5.75 Å². The Kier molecular flexibility index (Phi) is 6.08. The molecule has 0 aliphatic rings. The average molecular weight is 428 g/mol. The van der Waals surface area contributed by atoms with Crippen molar-refractivity contribution in [3.8, 4) is 5.75 Å². The van der Waals surface area contributed by atoms with E-state index in [9.17, 15) is 4.79 Å². The highest BCUT2D eigenvalue weighted by atomic mass is 79.9. The number of benzene rings is 2. The fourth-order valence-corrected chi connectivity index (χ4v) is 3.33. The Morgan fingerprint density at radius 3 is 2.85 bits per heavy atom. The van der Waals surface area contributed by atoms with Crippen molar-refractivity contribution in [2.75, 3.05) is 19.5 Å². The zero-order valence-corrected chi connectivity index (χ0v) is 17.2. The van der Waals surface area contributed by atoms with E-state index < -0.39 is 0 Å². The zero-order chi connectivity index (χ0) is 19.4. The van der Waals surface area contributed by atoms with Crippen LogP contribution < -0.4 is 10.1 Å². The number of nitrogens with one attached hydrogen (secondary N) is 1. The second-order valence-electron chi connectivity index (χ2n) is 6.41. The molecule has 5 nitrogen and oxygen atoms in total. The lowest BCUT2D eigenvalue weighted by Crippen LogP contribution is -2.39. The molecule has 27 heavy (non-hydrogen) atoms. The van der Waals surface area contributed by atoms with Crippen molar-refractivity contribution in [2.24, 2.45) is 0 Å². The Hall–Kier alpha value is -2.44. The molecule has 1 heterocycles. The number of methoxy groups -OCH3 is 1. The molecule has 0 saturated heterocycles. The lowest BCUT2D eigenvalue weighted by atomic mass is 10.1. The first kappa shape index (κ1) is 19.3. The molecule has 0 spiro atoms. The van der Waals surface area contributed by atoms with Crippen LogP contribution >= 0.6 is 15.9 Å². The van der Waals surface area contributed by atoms with E-state index in [2.05, 4.69) is 26.2 Å². The monoisotopic (exact) mass is 427 g/mol. The molecule has 3 aromatic rings. The summed E-state index contributed by atoms with van der Waals surface area (Å²) < 4.78 is 6.41. The fraction of sp³-hybridized carbons (Fsp3) is 0.238. The number of likely N-dealkylation sites (N-methyl/N-ethyl adjacent to an activating group) is 1. The van der Waals surface area contributed by atoms with Gasteiger partial charge in [-0.2, -0.15) is 0 Å². The minimum atomic E-state index is -0.319. The van der Waals surface area contributed by atoms with E-state index in [-0.39, 0.29) is 11.9 Å². The van der Waals surface area contributed by atoms with E-state index in [0.29, 0.717) is 6.54 Å². The number of anilines is 1. The molecular weight excluding hydrogens is 406 g/mol. The number of carbonyl (C=O) groups is 1. The molecule has 1 N–H and O–H groups in total. The molecule has 1 aromatic heterocycles. The summed E-state index contributed by atoms with van der Waals surface area (Å²) in [5.41, 5.74) is 2.64. The normalized spacial score (nSPS) is 12.2. The quantitative estimate of drug-likeness (QED) is 0.630. The lowest BCUT2D eigenvalue weighted by Gasteiger charge is -2.25. The number of hydrogen-bond donors (Lipinski definition) is 1. The van der Waals surface area contributed by atoms with Crippen LogP contribution in [0.2, 0.25) is 0 Å². The third kappa shape index (κ3) is 4.46. The Morgan fingerprint density at radius 1 is 1.26 bits per heavy atom. The van der Waals surface area contributed by atoms with Gasteiger partial charge in [-0.3, -0.25) is 14.7 Å². The molecule has 6 heteroatoms. The summed E-state index contributed by atoms with van der Waals surface area (Å²) in [6.45, 7) is 2.48. The maximum absolute atomic E-state index is 12.8. The van der Waals surface area contributed by atoms with Gasteiger partial charge in [0.25, 0.3) is 0 Å². The SMILES string of the molecule is COc1ccc(Br)cc1CN(C)[C@H](C)C(=O)Nc1cccc2ncccc12. The van der Waals surface area contributed by atoms with Crippen LogP contribution in [0.1, 0.15) is 12.5 Å². The molecule has 0 fully saturated rings. The van der Waals surface area contributed by atoms with Gasteiger partial charge in [-0.15, -0.1) is 0 Å². The standard InChI is InChI=1S/C21H22BrN3O2/c1-14(25(2)13-15-12-16(22)9-10-20(15)27-3)21(26)24-19-8-4-7-18-17(19)6-5-11-23-18/h4-12,14H,13H2,1-3H3,(H,24,26)/t14-/m1/s1. The highest BCUT2D eigenvalue weighted by molar-refractivity contribution is 9.10. The molecule has 0 aliphatic carbocycles. The molecule has 3 rings (SSSR count). The third-order valence-electron chi connectivity index (χ3n) is 4.61. The molecule has 0 bridgehead atoms. The van der Waals surface area contributed by atoms with Gasteiger partial charge in [-0.25, -0.2) is 0 Å². The zero-order valence-electron chi connectivity index (χ0n) is 15.6. The van der Waals surface area contributed by atoms with Gasteiger partial charge < -0.3 is 10.1 Å². The van der Waals surface area contributed by atoms with Gasteiger partial charge >= 0.3 is 0 Å². The summed E-state index contributed by atoms with van der Waals surface area (Å²) >= 11 is 3.49. The lowest BCUT2D eigenvalue weighted by molar-refractivity contribution is -0.120. The van der Waals surface area contributed by atoms with Crippen molar-refractivity contribution in [1.82, 2.24) is 9.88 Å². The van der Waals surface area contributed by atoms with E-state index in [4.69, 9.17) is 4.74 Å². The Morgan fingerprint density at radius 2 is 2.07 bits per heavy atom. The second kappa shape index (κ2) is 8.50. The summed E-state index contributed by atoms with van der Waals surface area (Å²) in [6.07, 6.45) is 1.75. The molecule has 0 saturated carbocycles. The van der Waals surface area contributed by atoms with E-state index >= 15 is 0 Å². The van der Waals surface area contributed by atoms with E-state index in [1.165, 1.54) is 0 Å². The molecule has 1 atom stereocenters. The van der Waals surface area contributed by atoms with Crippen LogP contribution in [0.15, 0.2) is 59.2 Å². The molecule has 0 radical (unpaired) electrons. The van der Waals surface area contributed by atoms with Crippen molar-refractivity contribution in [1.29, 1.82) is 0 Å². The van der Waals surface area contributed by atoms with Crippen LogP contribution in [-0.4, -0.2) is 36.0 Å². The minimum Gasteiger partial charge on any atom is -0.496 e. The van der Waals surface area contributed by atoms with Crippen molar-refractivity contribution >= 4 is 38.4 Å². The van der Waals surface area contributed by atoms with Crippen LogP contribution in [0.3, 0.4) is 0 Å². The number of aromatic nitrogens is 1. The van der Waals surface area contributed by atoms with Gasteiger partial charge in [0.15, 0.2) is 0 Å². The number of halogens is 1. The van der Waals surface area contributed by atoms with Gasteiger partial charge in [0.05, 0.1) is 24.4 Å². The van der Waals surface area contributed by atoms with Crippen LogP contribution in [0.25, 0.3) is 10.9 Å². The van der Waals surface area contributed by atoms with Crippen molar-refractivity contribution in [2.45, 2.75) is 19.5 Å². The van der Waals surface area contributed by atoms with Gasteiger partial charge in [-0.1, -0.05) is 22.0 Å². The number of nitrogens with zero attached hydrogens (tertiary/aromatic N) is 2. The maximum atomic E-state index is 12.8. The summed E-state index contributed by atoms with van der Waals surface area (Å²) in [7, 11) is 3.58. The number of pyridine rings is 1. The molecule has 140 valence electrons. The van der Waals surface area contributed by atoms with Gasteiger partial charge in [0.1, 0.15) is 5.75 Å². The number of rotatable bonds is 6. The third-order valence-corrected chi connectivity index (χ3v) is 5.10. The number of fused-ring (bicyclic) bond motifs is 1. The number of hydrogen-bond acceptors (Lipinski definition) is 4. The molecular formula is C21H22BrN3O2. The largest absolute Gasteiger partial charge is 0.496 e. The van der Waals surface area contributed by atoms with Gasteiger partial charge in [0.2, 0.25) is 5.91 Å². The summed E-state index contributed by atoms with van der Waals surface area (Å²) in [6, 6.07) is 15.1. The number of carbonyl (C=O) groups excluding carboxylic acids is 1.